The van der Waals surface area contributed by atoms with Crippen molar-refractivity contribution in [2.75, 3.05) is 13.1 Å². The number of piperidine rings is 1. The largest absolute Gasteiger partial charge is 0.361 e. The van der Waals surface area contributed by atoms with Crippen molar-refractivity contribution in [1.29, 1.82) is 0 Å². The van der Waals surface area contributed by atoms with Crippen LogP contribution in [0.4, 0.5) is 0 Å². The first-order valence-corrected chi connectivity index (χ1v) is 7.00. The van der Waals surface area contributed by atoms with E-state index in [4.69, 9.17) is 0 Å². The van der Waals surface area contributed by atoms with Gasteiger partial charge in [0.1, 0.15) is 0 Å². The molecule has 3 heteroatoms. The minimum atomic E-state index is 0.159. The molecule has 1 fully saturated rings. The van der Waals surface area contributed by atoms with E-state index in [0.717, 1.165) is 29.6 Å². The number of aromatic amines is 1. The Labute approximate surface area is 113 Å². The molecule has 3 nitrogen and oxygen atoms in total. The molecule has 1 aromatic heterocycles. The van der Waals surface area contributed by atoms with Crippen LogP contribution in [0.15, 0.2) is 30.5 Å². The van der Waals surface area contributed by atoms with Gasteiger partial charge in [0.05, 0.1) is 11.1 Å². The van der Waals surface area contributed by atoms with Crippen molar-refractivity contribution in [3.8, 4) is 0 Å². The van der Waals surface area contributed by atoms with Crippen molar-refractivity contribution >= 4 is 16.8 Å². The van der Waals surface area contributed by atoms with E-state index in [1.165, 1.54) is 6.42 Å². The number of likely N-dealkylation sites (tertiary alicyclic amines) is 1. The van der Waals surface area contributed by atoms with Gasteiger partial charge >= 0.3 is 0 Å². The Morgan fingerprint density at radius 3 is 2.68 bits per heavy atom. The zero-order valence-corrected chi connectivity index (χ0v) is 11.5. The smallest absolute Gasteiger partial charge is 0.256 e. The molecule has 2 heterocycles. The molecule has 3 rings (SSSR count). The lowest BCUT2D eigenvalue weighted by atomic mass is 9.91. The average Bonchev–Trinajstić information content (AvgIpc) is 2.84. The predicted octanol–water partition coefficient (Wildman–Crippen LogP) is 3.29. The van der Waals surface area contributed by atoms with Crippen LogP contribution in [0, 0.1) is 11.8 Å². The third kappa shape index (κ3) is 2.25. The van der Waals surface area contributed by atoms with Crippen LogP contribution in [0.25, 0.3) is 10.9 Å². The van der Waals surface area contributed by atoms with E-state index in [1.54, 1.807) is 0 Å². The maximum atomic E-state index is 12.7. The van der Waals surface area contributed by atoms with Gasteiger partial charge in [-0.05, 0) is 30.4 Å². The van der Waals surface area contributed by atoms with Gasteiger partial charge in [-0.15, -0.1) is 0 Å². The second-order valence-corrected chi connectivity index (χ2v) is 5.90. The van der Waals surface area contributed by atoms with Gasteiger partial charge in [0.15, 0.2) is 0 Å². The molecule has 100 valence electrons. The molecule has 0 saturated carbocycles. The van der Waals surface area contributed by atoms with Crippen LogP contribution in [0.2, 0.25) is 0 Å². The molecule has 0 spiro atoms. The fourth-order valence-electron chi connectivity index (χ4n) is 3.26. The van der Waals surface area contributed by atoms with Crippen molar-refractivity contribution in [2.45, 2.75) is 20.3 Å². The van der Waals surface area contributed by atoms with Gasteiger partial charge in [-0.2, -0.15) is 0 Å². The fourth-order valence-corrected chi connectivity index (χ4v) is 3.26. The number of hydrogen-bond donors (Lipinski definition) is 1. The molecule has 1 aliphatic heterocycles. The Kier molecular flexibility index (Phi) is 3.05. The van der Waals surface area contributed by atoms with Crippen molar-refractivity contribution in [3.63, 3.8) is 0 Å². The van der Waals surface area contributed by atoms with Crippen LogP contribution in [0.5, 0.6) is 0 Å². The van der Waals surface area contributed by atoms with Crippen LogP contribution in [-0.2, 0) is 0 Å². The molecule has 2 atom stereocenters. The summed E-state index contributed by atoms with van der Waals surface area (Å²) in [6, 6.07) is 7.92. The number of para-hydroxylation sites is 1. The van der Waals surface area contributed by atoms with Gasteiger partial charge in [0.2, 0.25) is 0 Å². The summed E-state index contributed by atoms with van der Waals surface area (Å²) in [6.07, 6.45) is 3.11. The molecule has 0 radical (unpaired) electrons. The highest BCUT2D eigenvalue weighted by Gasteiger charge is 2.26. The van der Waals surface area contributed by atoms with E-state index in [0.29, 0.717) is 11.8 Å². The second kappa shape index (κ2) is 4.72. The molecule has 2 aromatic rings. The first-order valence-electron chi connectivity index (χ1n) is 7.00. The lowest BCUT2D eigenvalue weighted by molar-refractivity contribution is 0.0625. The standard InChI is InChI=1S/C16H20N2O/c1-11-8-12(2)10-18(9-11)16(19)14-5-3-4-13-6-7-17-15(13)14/h3-7,11-12,17H,8-10H2,1-2H3. The van der Waals surface area contributed by atoms with Crippen LogP contribution < -0.4 is 0 Å². The monoisotopic (exact) mass is 256 g/mol. The van der Waals surface area contributed by atoms with Gasteiger partial charge < -0.3 is 9.88 Å². The molecule has 2 unspecified atom stereocenters. The summed E-state index contributed by atoms with van der Waals surface area (Å²) in [7, 11) is 0. The lowest BCUT2D eigenvalue weighted by Gasteiger charge is -2.35. The van der Waals surface area contributed by atoms with E-state index in [2.05, 4.69) is 18.8 Å². The van der Waals surface area contributed by atoms with E-state index in [-0.39, 0.29) is 5.91 Å². The molecule has 0 bridgehead atoms. The number of nitrogens with zero attached hydrogens (tertiary/aromatic N) is 1. The van der Waals surface area contributed by atoms with Gasteiger partial charge in [-0.25, -0.2) is 0 Å². The highest BCUT2D eigenvalue weighted by Crippen LogP contribution is 2.24. The van der Waals surface area contributed by atoms with E-state index in [1.807, 2.05) is 35.4 Å². The zero-order chi connectivity index (χ0) is 13.4. The highest BCUT2D eigenvalue weighted by atomic mass is 16.2. The van der Waals surface area contributed by atoms with Gasteiger partial charge in [0, 0.05) is 24.7 Å². The summed E-state index contributed by atoms with van der Waals surface area (Å²) in [4.78, 5) is 17.9. The van der Waals surface area contributed by atoms with Gasteiger partial charge in [0.25, 0.3) is 5.91 Å². The zero-order valence-electron chi connectivity index (χ0n) is 11.5. The molecular formula is C16H20N2O. The SMILES string of the molecule is CC1CC(C)CN(C(=O)c2cccc3cc[nH]c23)C1. The van der Waals surface area contributed by atoms with Crippen molar-refractivity contribution in [3.05, 3.63) is 36.0 Å². The summed E-state index contributed by atoms with van der Waals surface area (Å²) in [5.41, 5.74) is 1.75. The summed E-state index contributed by atoms with van der Waals surface area (Å²) in [5.74, 6) is 1.34. The lowest BCUT2D eigenvalue weighted by Crippen LogP contribution is -2.42. The van der Waals surface area contributed by atoms with E-state index >= 15 is 0 Å². The fraction of sp³-hybridized carbons (Fsp3) is 0.438. The molecule has 1 N–H and O–H groups in total. The van der Waals surface area contributed by atoms with Crippen LogP contribution in [0.3, 0.4) is 0 Å². The maximum Gasteiger partial charge on any atom is 0.256 e. The van der Waals surface area contributed by atoms with E-state index in [9.17, 15) is 4.79 Å². The quantitative estimate of drug-likeness (QED) is 0.835. The number of rotatable bonds is 1. The summed E-state index contributed by atoms with van der Waals surface area (Å²) in [6.45, 7) is 6.21. The number of aromatic nitrogens is 1. The molecule has 1 aromatic carbocycles. The number of H-pyrrole nitrogens is 1. The molecule has 19 heavy (non-hydrogen) atoms. The molecule has 0 aliphatic carbocycles. The number of carbonyl (C=O) groups is 1. The summed E-state index contributed by atoms with van der Waals surface area (Å²) < 4.78 is 0. The third-order valence-corrected chi connectivity index (χ3v) is 3.97. The van der Waals surface area contributed by atoms with Crippen molar-refractivity contribution < 1.29 is 4.79 Å². The third-order valence-electron chi connectivity index (χ3n) is 3.97. The summed E-state index contributed by atoms with van der Waals surface area (Å²) in [5, 5.41) is 1.10. The molecule has 1 amide bonds. The van der Waals surface area contributed by atoms with Gasteiger partial charge in [-0.3, -0.25) is 4.79 Å². The molecule has 1 saturated heterocycles. The highest BCUT2D eigenvalue weighted by molar-refractivity contribution is 6.05. The van der Waals surface area contributed by atoms with Crippen LogP contribution in [-0.4, -0.2) is 28.9 Å². The number of amides is 1. The Morgan fingerprint density at radius 2 is 1.95 bits per heavy atom. The van der Waals surface area contributed by atoms with E-state index < -0.39 is 0 Å². The van der Waals surface area contributed by atoms with Crippen molar-refractivity contribution in [2.24, 2.45) is 11.8 Å². The van der Waals surface area contributed by atoms with Crippen molar-refractivity contribution in [1.82, 2.24) is 9.88 Å². The molecular weight excluding hydrogens is 236 g/mol. The Bertz CT molecular complexity index is 592. The Hall–Kier alpha value is -1.77. The number of hydrogen-bond acceptors (Lipinski definition) is 1. The number of fused-ring (bicyclic) bond motifs is 1. The first kappa shape index (κ1) is 12.3. The average molecular weight is 256 g/mol. The number of carbonyl (C=O) groups excluding carboxylic acids is 1. The normalized spacial score (nSPS) is 23.8. The minimum Gasteiger partial charge on any atom is -0.361 e. The van der Waals surface area contributed by atoms with Crippen LogP contribution in [0.1, 0.15) is 30.6 Å². The number of benzene rings is 1. The Balaban J connectivity index is 1.93. The molecule has 1 aliphatic rings. The summed E-state index contributed by atoms with van der Waals surface area (Å²) >= 11 is 0. The topological polar surface area (TPSA) is 36.1 Å². The second-order valence-electron chi connectivity index (χ2n) is 5.90. The minimum absolute atomic E-state index is 0.159. The van der Waals surface area contributed by atoms with Gasteiger partial charge in [-0.1, -0.05) is 26.0 Å². The Morgan fingerprint density at radius 1 is 1.21 bits per heavy atom. The first-order chi connectivity index (χ1) is 9.15. The predicted molar refractivity (Wildman–Crippen MR) is 77.1 cm³/mol. The maximum absolute atomic E-state index is 12.7. The van der Waals surface area contributed by atoms with Crippen LogP contribution >= 0.6 is 0 Å². The number of nitrogens with one attached hydrogen (secondary N) is 1.